The molecule has 0 saturated heterocycles. The quantitative estimate of drug-likeness (QED) is 0.610. The normalized spacial score (nSPS) is 47.8. The van der Waals surface area contributed by atoms with Crippen molar-refractivity contribution in [3.8, 4) is 0 Å². The molecular formula is C12H24N2O. The number of hydrogen-bond donors (Lipinski definition) is 3. The third-order valence-electron chi connectivity index (χ3n) is 4.43. The Morgan fingerprint density at radius 3 is 1.80 bits per heavy atom. The molecule has 0 radical (unpaired) electrons. The van der Waals surface area contributed by atoms with Gasteiger partial charge in [-0.2, -0.15) is 0 Å². The van der Waals surface area contributed by atoms with E-state index in [1.807, 2.05) is 0 Å². The van der Waals surface area contributed by atoms with Gasteiger partial charge in [-0.15, -0.1) is 0 Å². The highest BCUT2D eigenvalue weighted by Gasteiger charge is 2.40. The molecule has 2 aliphatic carbocycles. The second kappa shape index (κ2) is 4.40. The van der Waals surface area contributed by atoms with Crippen molar-refractivity contribution in [3.05, 3.63) is 0 Å². The molecule has 0 amide bonds. The van der Waals surface area contributed by atoms with Gasteiger partial charge in [0.25, 0.3) is 0 Å². The lowest BCUT2D eigenvalue weighted by molar-refractivity contribution is -0.0652. The summed E-state index contributed by atoms with van der Waals surface area (Å²) in [5, 5.41) is 10.6. The van der Waals surface area contributed by atoms with Crippen LogP contribution in [0.1, 0.15) is 51.4 Å². The first-order valence-electron chi connectivity index (χ1n) is 6.34. The molecule has 3 heteroatoms. The van der Waals surface area contributed by atoms with Gasteiger partial charge in [-0.25, -0.2) is 0 Å². The summed E-state index contributed by atoms with van der Waals surface area (Å²) in [6.45, 7) is 0. The zero-order valence-corrected chi connectivity index (χ0v) is 9.49. The summed E-state index contributed by atoms with van der Waals surface area (Å²) in [4.78, 5) is 0. The van der Waals surface area contributed by atoms with E-state index in [1.54, 1.807) is 0 Å². The highest BCUT2D eigenvalue weighted by atomic mass is 16.3. The van der Waals surface area contributed by atoms with E-state index in [9.17, 15) is 5.11 Å². The molecule has 2 fully saturated rings. The monoisotopic (exact) mass is 212 g/mol. The van der Waals surface area contributed by atoms with Crippen LogP contribution in [-0.2, 0) is 0 Å². The lowest BCUT2D eigenvalue weighted by Crippen LogP contribution is -2.46. The lowest BCUT2D eigenvalue weighted by Gasteiger charge is -2.43. The van der Waals surface area contributed by atoms with Crippen LogP contribution >= 0.6 is 0 Å². The van der Waals surface area contributed by atoms with Crippen molar-refractivity contribution in [1.82, 2.24) is 0 Å². The van der Waals surface area contributed by atoms with Gasteiger partial charge in [-0.05, 0) is 57.3 Å². The van der Waals surface area contributed by atoms with Crippen LogP contribution in [0, 0.1) is 5.92 Å². The summed E-state index contributed by atoms with van der Waals surface area (Å²) < 4.78 is 0. The van der Waals surface area contributed by atoms with Crippen molar-refractivity contribution in [2.45, 2.75) is 69.1 Å². The van der Waals surface area contributed by atoms with E-state index in [-0.39, 0.29) is 0 Å². The van der Waals surface area contributed by atoms with E-state index in [0.29, 0.717) is 18.0 Å². The summed E-state index contributed by atoms with van der Waals surface area (Å²) in [5.41, 5.74) is 11.3. The Bertz CT molecular complexity index is 204. The fourth-order valence-corrected chi connectivity index (χ4v) is 3.20. The maximum absolute atomic E-state index is 10.6. The molecule has 2 rings (SSSR count). The van der Waals surface area contributed by atoms with Gasteiger partial charge in [0, 0.05) is 12.1 Å². The molecule has 15 heavy (non-hydrogen) atoms. The van der Waals surface area contributed by atoms with Crippen molar-refractivity contribution < 1.29 is 5.11 Å². The van der Waals surface area contributed by atoms with Crippen LogP contribution in [0.25, 0.3) is 0 Å². The summed E-state index contributed by atoms with van der Waals surface area (Å²) >= 11 is 0. The van der Waals surface area contributed by atoms with Crippen LogP contribution in [0.5, 0.6) is 0 Å². The lowest BCUT2D eigenvalue weighted by atomic mass is 9.68. The van der Waals surface area contributed by atoms with Crippen molar-refractivity contribution in [2.24, 2.45) is 17.4 Å². The molecular weight excluding hydrogens is 188 g/mol. The molecule has 0 aliphatic heterocycles. The average Bonchev–Trinajstić information content (AvgIpc) is 2.24. The highest BCUT2D eigenvalue weighted by molar-refractivity contribution is 4.94. The SMILES string of the molecule is NC1CCC(C2(O)CCC(N)CC2)CC1. The molecule has 0 heterocycles. The van der Waals surface area contributed by atoms with E-state index in [1.165, 1.54) is 0 Å². The number of nitrogens with two attached hydrogens (primary N) is 2. The second-order valence-electron chi connectivity index (χ2n) is 5.55. The largest absolute Gasteiger partial charge is 0.390 e. The first-order chi connectivity index (χ1) is 7.10. The maximum Gasteiger partial charge on any atom is 0.0677 e. The fraction of sp³-hybridized carbons (Fsp3) is 1.00. The van der Waals surface area contributed by atoms with Crippen LogP contribution in [0.2, 0.25) is 0 Å². The molecule has 0 aromatic carbocycles. The summed E-state index contributed by atoms with van der Waals surface area (Å²) in [6, 6.07) is 0.687. The van der Waals surface area contributed by atoms with E-state index in [0.717, 1.165) is 51.4 Å². The predicted octanol–water partition coefficient (Wildman–Crippen LogP) is 1.14. The van der Waals surface area contributed by atoms with E-state index >= 15 is 0 Å². The van der Waals surface area contributed by atoms with E-state index < -0.39 is 5.60 Å². The first-order valence-corrected chi connectivity index (χ1v) is 6.34. The molecule has 0 unspecified atom stereocenters. The van der Waals surface area contributed by atoms with Gasteiger partial charge in [-0.1, -0.05) is 0 Å². The molecule has 0 aromatic rings. The van der Waals surface area contributed by atoms with Crippen molar-refractivity contribution in [1.29, 1.82) is 0 Å². The standard InChI is InChI=1S/C12H24N2O/c13-10-3-1-9(2-4-10)12(15)7-5-11(14)6-8-12/h9-11,15H,1-8,13-14H2. The minimum atomic E-state index is -0.421. The minimum Gasteiger partial charge on any atom is -0.390 e. The summed E-state index contributed by atoms with van der Waals surface area (Å²) in [6.07, 6.45) is 8.14. The number of rotatable bonds is 1. The molecule has 88 valence electrons. The summed E-state index contributed by atoms with van der Waals surface area (Å²) in [5.74, 6) is 0.477. The third-order valence-corrected chi connectivity index (χ3v) is 4.43. The number of aliphatic hydroxyl groups is 1. The Labute approximate surface area is 92.2 Å². The van der Waals surface area contributed by atoms with E-state index in [4.69, 9.17) is 11.5 Å². The van der Waals surface area contributed by atoms with E-state index in [2.05, 4.69) is 0 Å². The predicted molar refractivity (Wildman–Crippen MR) is 61.3 cm³/mol. The van der Waals surface area contributed by atoms with Gasteiger partial charge in [0.1, 0.15) is 0 Å². The molecule has 5 N–H and O–H groups in total. The van der Waals surface area contributed by atoms with Crippen LogP contribution < -0.4 is 11.5 Å². The zero-order valence-electron chi connectivity index (χ0n) is 9.49. The molecule has 3 nitrogen and oxygen atoms in total. The van der Waals surface area contributed by atoms with Gasteiger partial charge in [0.15, 0.2) is 0 Å². The van der Waals surface area contributed by atoms with Crippen LogP contribution in [0.15, 0.2) is 0 Å². The van der Waals surface area contributed by atoms with Crippen LogP contribution in [0.3, 0.4) is 0 Å². The number of hydrogen-bond acceptors (Lipinski definition) is 3. The van der Waals surface area contributed by atoms with Crippen LogP contribution in [-0.4, -0.2) is 22.8 Å². The third kappa shape index (κ3) is 2.52. The van der Waals surface area contributed by atoms with Crippen molar-refractivity contribution in [3.63, 3.8) is 0 Å². The minimum absolute atomic E-state index is 0.316. The Hall–Kier alpha value is -0.120. The van der Waals surface area contributed by atoms with Gasteiger partial charge in [-0.3, -0.25) is 0 Å². The molecule has 0 bridgehead atoms. The Morgan fingerprint density at radius 1 is 0.800 bits per heavy atom. The molecule has 0 aromatic heterocycles. The Balaban J connectivity index is 1.91. The van der Waals surface area contributed by atoms with Gasteiger partial charge >= 0.3 is 0 Å². The smallest absolute Gasteiger partial charge is 0.0677 e. The Morgan fingerprint density at radius 2 is 1.27 bits per heavy atom. The topological polar surface area (TPSA) is 72.3 Å². The van der Waals surface area contributed by atoms with Gasteiger partial charge in [0.2, 0.25) is 0 Å². The fourth-order valence-electron chi connectivity index (χ4n) is 3.20. The first kappa shape index (κ1) is 11.4. The van der Waals surface area contributed by atoms with Gasteiger partial charge in [0.05, 0.1) is 5.60 Å². The van der Waals surface area contributed by atoms with Crippen molar-refractivity contribution in [2.75, 3.05) is 0 Å². The second-order valence-corrected chi connectivity index (χ2v) is 5.55. The zero-order chi connectivity index (χ0) is 10.9. The highest BCUT2D eigenvalue weighted by Crippen LogP contribution is 2.40. The molecule has 2 saturated carbocycles. The van der Waals surface area contributed by atoms with Crippen molar-refractivity contribution >= 4 is 0 Å². The molecule has 0 spiro atoms. The average molecular weight is 212 g/mol. The maximum atomic E-state index is 10.6. The van der Waals surface area contributed by atoms with Crippen LogP contribution in [0.4, 0.5) is 0 Å². The molecule has 0 atom stereocenters. The van der Waals surface area contributed by atoms with Gasteiger partial charge < -0.3 is 16.6 Å². The summed E-state index contributed by atoms with van der Waals surface area (Å²) in [7, 11) is 0. The molecule has 2 aliphatic rings. The Kier molecular flexibility index (Phi) is 3.33.